The van der Waals surface area contributed by atoms with Crippen molar-refractivity contribution in [1.82, 2.24) is 9.62 Å². The Hall–Kier alpha value is -1.75. The van der Waals surface area contributed by atoms with Crippen LogP contribution in [-0.2, 0) is 33.6 Å². The van der Waals surface area contributed by atoms with E-state index in [-0.39, 0.29) is 38.6 Å². The molecule has 0 aromatic heterocycles. The van der Waals surface area contributed by atoms with Gasteiger partial charge in [-0.25, -0.2) is 0 Å². The summed E-state index contributed by atoms with van der Waals surface area (Å²) in [4.78, 5) is 27.3. The summed E-state index contributed by atoms with van der Waals surface area (Å²) < 4.78 is 43.5. The van der Waals surface area contributed by atoms with Crippen LogP contribution < -0.4 is 4.72 Å². The summed E-state index contributed by atoms with van der Waals surface area (Å²) in [6.45, 7) is 10.2. The zero-order valence-electron chi connectivity index (χ0n) is 36.1. The van der Waals surface area contributed by atoms with Crippen molar-refractivity contribution >= 4 is 22.2 Å². The van der Waals surface area contributed by atoms with Crippen molar-refractivity contribution in [2.45, 2.75) is 214 Å². The summed E-state index contributed by atoms with van der Waals surface area (Å²) in [5.41, 5.74) is 0. The SMILES string of the molecule is CCCCCCCCC=CCCCCCCCC(=O)OCC(CNS(=O)(=O)OCCN(CC)CC)OC(=O)CCCCCCCC=CCCCCCCCC. The van der Waals surface area contributed by atoms with E-state index < -0.39 is 22.4 Å². The smallest absolute Gasteiger partial charge is 0.336 e. The number of esters is 2. The van der Waals surface area contributed by atoms with Gasteiger partial charge in [-0.05, 0) is 77.3 Å². The Bertz CT molecular complexity index is 1030. The second-order valence-corrected chi connectivity index (χ2v) is 16.5. The first-order valence-electron chi connectivity index (χ1n) is 22.8. The van der Waals surface area contributed by atoms with Crippen molar-refractivity contribution in [2.75, 3.05) is 39.4 Å². The minimum Gasteiger partial charge on any atom is -0.462 e. The summed E-state index contributed by atoms with van der Waals surface area (Å²) in [5.74, 6) is -0.785. The number of nitrogens with zero attached hydrogens (tertiary/aromatic N) is 1. The monoisotopic (exact) mass is 799 g/mol. The van der Waals surface area contributed by atoms with Gasteiger partial charge < -0.3 is 14.4 Å². The van der Waals surface area contributed by atoms with E-state index in [1.54, 1.807) is 0 Å². The molecule has 0 aliphatic heterocycles. The third kappa shape index (κ3) is 38.9. The predicted octanol–water partition coefficient (Wildman–Crippen LogP) is 11.7. The molecular formula is C45H86N2O7S. The number of allylic oxidation sites excluding steroid dienone is 4. The highest BCUT2D eigenvalue weighted by Gasteiger charge is 2.21. The highest BCUT2D eigenvalue weighted by molar-refractivity contribution is 7.84. The minimum atomic E-state index is -4.06. The number of nitrogens with one attached hydrogen (secondary N) is 1. The van der Waals surface area contributed by atoms with Crippen LogP contribution in [0.25, 0.3) is 0 Å². The molecule has 1 unspecified atom stereocenters. The van der Waals surface area contributed by atoms with Crippen LogP contribution in [0.3, 0.4) is 0 Å². The van der Waals surface area contributed by atoms with Crippen molar-refractivity contribution in [3.05, 3.63) is 24.3 Å². The van der Waals surface area contributed by atoms with E-state index in [1.165, 1.54) is 89.9 Å². The zero-order chi connectivity index (χ0) is 40.5. The number of carbonyl (C=O) groups excluding carboxylic acids is 2. The third-order valence-electron chi connectivity index (χ3n) is 10.0. The topological polar surface area (TPSA) is 111 Å². The van der Waals surface area contributed by atoms with Crippen molar-refractivity contribution in [1.29, 1.82) is 0 Å². The highest BCUT2D eigenvalue weighted by atomic mass is 32.2. The Morgan fingerprint density at radius 3 is 1.40 bits per heavy atom. The number of hydrogen-bond donors (Lipinski definition) is 1. The van der Waals surface area contributed by atoms with E-state index in [0.717, 1.165) is 83.7 Å². The Balaban J connectivity index is 4.43. The summed E-state index contributed by atoms with van der Waals surface area (Å²) >= 11 is 0. The molecule has 0 heterocycles. The molecule has 0 amide bonds. The first-order chi connectivity index (χ1) is 26.8. The molecule has 0 spiro atoms. The third-order valence-corrected chi connectivity index (χ3v) is 11.0. The predicted molar refractivity (Wildman–Crippen MR) is 230 cm³/mol. The molecule has 9 nitrogen and oxygen atoms in total. The summed E-state index contributed by atoms with van der Waals surface area (Å²) in [7, 11) is -4.06. The number of hydrogen-bond acceptors (Lipinski definition) is 8. The lowest BCUT2D eigenvalue weighted by molar-refractivity contribution is -0.158. The van der Waals surface area contributed by atoms with Gasteiger partial charge in [-0.3, -0.25) is 13.8 Å². The largest absolute Gasteiger partial charge is 0.462 e. The molecule has 0 radical (unpaired) electrons. The lowest BCUT2D eigenvalue weighted by Crippen LogP contribution is -2.39. The zero-order valence-corrected chi connectivity index (χ0v) is 37.0. The molecule has 0 saturated carbocycles. The van der Waals surface area contributed by atoms with E-state index >= 15 is 0 Å². The van der Waals surface area contributed by atoms with Crippen LogP contribution in [0.1, 0.15) is 207 Å². The average molecular weight is 799 g/mol. The number of ether oxygens (including phenoxy) is 2. The standard InChI is InChI=1S/C45H86N2O7S/c1-5-9-11-13-15-17-19-21-23-25-27-29-31-33-35-37-44(48)52-42-43(41-46-55(50,51)53-40-39-47(7-3)8-4)54-45(49)38-36-34-32-30-28-26-24-22-20-18-16-14-12-10-6-2/h21-24,43,46H,5-20,25-42H2,1-4H3. The van der Waals surface area contributed by atoms with Crippen LogP contribution in [0.4, 0.5) is 0 Å². The van der Waals surface area contributed by atoms with Gasteiger partial charge in [-0.15, -0.1) is 0 Å². The molecule has 0 aliphatic carbocycles. The van der Waals surface area contributed by atoms with Crippen molar-refractivity contribution in [3.63, 3.8) is 0 Å². The van der Waals surface area contributed by atoms with Crippen molar-refractivity contribution < 1.29 is 31.7 Å². The maximum absolute atomic E-state index is 12.7. The normalized spacial score (nSPS) is 12.7. The first-order valence-corrected chi connectivity index (χ1v) is 24.2. The molecule has 0 rings (SSSR count). The maximum atomic E-state index is 12.7. The van der Waals surface area contributed by atoms with Gasteiger partial charge >= 0.3 is 22.2 Å². The van der Waals surface area contributed by atoms with Gasteiger partial charge in [0.25, 0.3) is 0 Å². The second kappa shape index (κ2) is 40.4. The summed E-state index contributed by atoms with van der Waals surface area (Å²) in [5, 5.41) is 0. The molecule has 0 fully saturated rings. The lowest BCUT2D eigenvalue weighted by Gasteiger charge is -2.20. The van der Waals surface area contributed by atoms with Gasteiger partial charge in [0.2, 0.25) is 0 Å². The number of carbonyl (C=O) groups is 2. The number of likely N-dealkylation sites (N-methyl/N-ethyl adjacent to an activating group) is 1. The van der Waals surface area contributed by atoms with Crippen molar-refractivity contribution in [3.8, 4) is 0 Å². The Labute approximate surface area is 339 Å². The van der Waals surface area contributed by atoms with E-state index in [4.69, 9.17) is 13.7 Å². The fourth-order valence-corrected chi connectivity index (χ4v) is 7.14. The molecule has 0 aromatic rings. The van der Waals surface area contributed by atoms with E-state index in [0.29, 0.717) is 13.0 Å². The van der Waals surface area contributed by atoms with Gasteiger partial charge in [0.1, 0.15) is 12.7 Å². The quantitative estimate of drug-likeness (QED) is 0.0369. The average Bonchev–Trinajstić information content (AvgIpc) is 3.17. The molecule has 324 valence electrons. The van der Waals surface area contributed by atoms with Crippen LogP contribution in [0.15, 0.2) is 24.3 Å². The molecule has 0 aromatic carbocycles. The van der Waals surface area contributed by atoms with Gasteiger partial charge in [-0.1, -0.05) is 155 Å². The van der Waals surface area contributed by atoms with E-state index in [9.17, 15) is 18.0 Å². The van der Waals surface area contributed by atoms with Crippen LogP contribution >= 0.6 is 0 Å². The summed E-state index contributed by atoms with van der Waals surface area (Å²) in [6, 6.07) is 0. The van der Waals surface area contributed by atoms with Gasteiger partial charge in [0.15, 0.2) is 0 Å². The Morgan fingerprint density at radius 2 is 0.964 bits per heavy atom. The van der Waals surface area contributed by atoms with E-state index in [1.807, 2.05) is 13.8 Å². The number of unbranched alkanes of at least 4 members (excludes halogenated alkanes) is 22. The highest BCUT2D eigenvalue weighted by Crippen LogP contribution is 2.13. The molecule has 0 aliphatic rings. The number of rotatable bonds is 42. The molecular weight excluding hydrogens is 713 g/mol. The van der Waals surface area contributed by atoms with Crippen LogP contribution in [0.2, 0.25) is 0 Å². The van der Waals surface area contributed by atoms with Crippen LogP contribution in [0, 0.1) is 0 Å². The lowest BCUT2D eigenvalue weighted by atomic mass is 10.1. The van der Waals surface area contributed by atoms with Gasteiger partial charge in [0.05, 0.1) is 13.2 Å². The fraction of sp³-hybridized carbons (Fsp3) is 0.867. The Kier molecular flexibility index (Phi) is 39.2. The van der Waals surface area contributed by atoms with Crippen LogP contribution in [0.5, 0.6) is 0 Å². The summed E-state index contributed by atoms with van der Waals surface area (Å²) in [6.07, 6.45) is 39.4. The second-order valence-electron chi connectivity index (χ2n) is 15.1. The molecule has 10 heteroatoms. The molecule has 1 atom stereocenters. The van der Waals surface area contributed by atoms with Gasteiger partial charge in [-0.2, -0.15) is 13.1 Å². The minimum absolute atomic E-state index is 0.0158. The molecule has 1 N–H and O–H groups in total. The fourth-order valence-electron chi connectivity index (χ4n) is 6.37. The van der Waals surface area contributed by atoms with Gasteiger partial charge in [0, 0.05) is 19.4 Å². The molecule has 0 bridgehead atoms. The van der Waals surface area contributed by atoms with E-state index in [2.05, 4.69) is 47.8 Å². The van der Waals surface area contributed by atoms with Crippen LogP contribution in [-0.4, -0.2) is 70.8 Å². The van der Waals surface area contributed by atoms with Crippen molar-refractivity contribution in [2.24, 2.45) is 0 Å². The molecule has 55 heavy (non-hydrogen) atoms. The first kappa shape index (κ1) is 53.2. The Morgan fingerprint density at radius 1 is 0.564 bits per heavy atom. The maximum Gasteiger partial charge on any atom is 0.336 e. The molecule has 0 saturated heterocycles.